The lowest BCUT2D eigenvalue weighted by molar-refractivity contribution is -0.0829. The fraction of sp³-hybridized carbons (Fsp3) is 0.182. The molecule has 1 saturated carbocycles. The molecular formula is C22H18N2O3. The highest BCUT2D eigenvalue weighted by molar-refractivity contribution is 5.98. The number of nitrogens with zero attached hydrogens (tertiary/aromatic N) is 1. The van der Waals surface area contributed by atoms with Crippen molar-refractivity contribution in [1.29, 1.82) is 0 Å². The molecule has 5 heteroatoms. The second kappa shape index (κ2) is 6.49. The molecule has 0 saturated heterocycles. The van der Waals surface area contributed by atoms with E-state index in [4.69, 9.17) is 11.7 Å². The Bertz CT molecular complexity index is 1070. The van der Waals surface area contributed by atoms with E-state index in [1.807, 2.05) is 30.3 Å². The number of fused-ring (bicyclic) bond motifs is 1. The Kier molecular flexibility index (Phi) is 4.14. The van der Waals surface area contributed by atoms with E-state index in [1.54, 1.807) is 25.3 Å². The maximum atomic E-state index is 12.7. The van der Waals surface area contributed by atoms with Gasteiger partial charge in [-0.2, -0.15) is 0 Å². The normalized spacial score (nSPS) is 14.3. The molecule has 1 aliphatic carbocycles. The molecule has 0 spiro atoms. The van der Waals surface area contributed by atoms with Crippen molar-refractivity contribution < 1.29 is 14.7 Å². The third-order valence-corrected chi connectivity index (χ3v) is 4.73. The Labute approximate surface area is 157 Å². The van der Waals surface area contributed by atoms with Gasteiger partial charge in [-0.3, -0.25) is 10.0 Å². The summed E-state index contributed by atoms with van der Waals surface area (Å²) >= 11 is 0. The van der Waals surface area contributed by atoms with Crippen molar-refractivity contribution in [1.82, 2.24) is 10.0 Å². The number of H-pyrrole nitrogens is 1. The summed E-state index contributed by atoms with van der Waals surface area (Å²) in [6, 6.07) is 14.3. The van der Waals surface area contributed by atoms with Crippen LogP contribution in [0.3, 0.4) is 0 Å². The number of carbonyl (C=O) groups is 1. The summed E-state index contributed by atoms with van der Waals surface area (Å²) in [4.78, 5) is 15.8. The van der Waals surface area contributed by atoms with Gasteiger partial charge in [0, 0.05) is 16.5 Å². The van der Waals surface area contributed by atoms with Gasteiger partial charge in [0.25, 0.3) is 5.91 Å². The van der Waals surface area contributed by atoms with Crippen LogP contribution in [-0.4, -0.2) is 33.8 Å². The lowest BCUT2D eigenvalue weighted by Crippen LogP contribution is -2.38. The van der Waals surface area contributed by atoms with Gasteiger partial charge >= 0.3 is 0 Å². The van der Waals surface area contributed by atoms with Crippen LogP contribution < -0.4 is 4.74 Å². The maximum absolute atomic E-state index is 12.7. The number of aromatic amines is 1. The molecule has 1 aromatic heterocycles. The average molecular weight is 358 g/mol. The van der Waals surface area contributed by atoms with Crippen molar-refractivity contribution >= 4 is 16.8 Å². The highest BCUT2D eigenvalue weighted by Crippen LogP contribution is 2.41. The smallest absolute Gasteiger partial charge is 0.295 e. The zero-order chi connectivity index (χ0) is 19.0. The molecule has 2 radical (unpaired) electrons. The van der Waals surface area contributed by atoms with Gasteiger partial charge in [0.1, 0.15) is 17.0 Å². The van der Waals surface area contributed by atoms with Crippen LogP contribution in [0.15, 0.2) is 48.5 Å². The molecule has 1 fully saturated rings. The molecule has 1 amide bonds. The number of aromatic nitrogens is 1. The molecule has 0 bridgehead atoms. The molecule has 3 aromatic rings. The Morgan fingerprint density at radius 1 is 1.22 bits per heavy atom. The van der Waals surface area contributed by atoms with Gasteiger partial charge in [0.15, 0.2) is 0 Å². The fourth-order valence-corrected chi connectivity index (χ4v) is 2.92. The standard InChI is InChI=1S/C22H18N2O3/c1-15-3-5-16(6-4-15)9-10-22(11-12-22)24(26)21(25)20-14-17-13-18(27-2)7-8-19(17)23-20/h1,3-8,13-14,23,26H,11-12H2,2H3. The van der Waals surface area contributed by atoms with E-state index in [-0.39, 0.29) is 0 Å². The minimum Gasteiger partial charge on any atom is -0.497 e. The molecule has 1 aliphatic rings. The number of amides is 1. The Balaban J connectivity index is 1.57. The van der Waals surface area contributed by atoms with E-state index in [0.29, 0.717) is 29.8 Å². The number of hydroxylamine groups is 2. The monoisotopic (exact) mass is 358 g/mol. The number of carbonyl (C=O) groups excluding carboxylic acids is 1. The summed E-state index contributed by atoms with van der Waals surface area (Å²) < 4.78 is 5.20. The van der Waals surface area contributed by atoms with Crippen molar-refractivity contribution in [3.05, 3.63) is 72.3 Å². The molecule has 2 N–H and O–H groups in total. The lowest BCUT2D eigenvalue weighted by atomic mass is 10.1. The van der Waals surface area contributed by atoms with Crippen LogP contribution in [-0.2, 0) is 0 Å². The summed E-state index contributed by atoms with van der Waals surface area (Å²) in [5.41, 5.74) is 1.71. The second-order valence-corrected chi connectivity index (χ2v) is 6.66. The van der Waals surface area contributed by atoms with E-state index in [2.05, 4.69) is 16.8 Å². The zero-order valence-corrected chi connectivity index (χ0v) is 14.8. The van der Waals surface area contributed by atoms with Gasteiger partial charge in [-0.1, -0.05) is 24.0 Å². The van der Waals surface area contributed by atoms with E-state index in [1.165, 1.54) is 0 Å². The molecule has 0 aliphatic heterocycles. The first-order chi connectivity index (χ1) is 13.0. The largest absolute Gasteiger partial charge is 0.497 e. The SMILES string of the molecule is [CH]c1ccc(C#CC2(N(O)C(=O)c3cc4cc(OC)ccc4[nH]3)CC2)cc1. The van der Waals surface area contributed by atoms with Gasteiger partial charge in [0.2, 0.25) is 0 Å². The van der Waals surface area contributed by atoms with E-state index in [9.17, 15) is 10.0 Å². The Morgan fingerprint density at radius 3 is 2.63 bits per heavy atom. The van der Waals surface area contributed by atoms with Crippen LogP contribution in [0.25, 0.3) is 10.9 Å². The summed E-state index contributed by atoms with van der Waals surface area (Å²) in [7, 11) is 1.59. The molecule has 0 atom stereocenters. The lowest BCUT2D eigenvalue weighted by Gasteiger charge is -2.20. The van der Waals surface area contributed by atoms with E-state index < -0.39 is 11.4 Å². The topological polar surface area (TPSA) is 65.6 Å². The summed E-state index contributed by atoms with van der Waals surface area (Å²) in [5.74, 6) is 6.25. The molecule has 5 nitrogen and oxygen atoms in total. The Hall–Kier alpha value is -3.23. The third-order valence-electron chi connectivity index (χ3n) is 4.73. The Morgan fingerprint density at radius 2 is 1.96 bits per heavy atom. The van der Waals surface area contributed by atoms with Crippen LogP contribution >= 0.6 is 0 Å². The molecule has 0 unspecified atom stereocenters. The minimum atomic E-state index is -0.840. The van der Waals surface area contributed by atoms with Crippen molar-refractivity contribution in [2.75, 3.05) is 7.11 Å². The predicted molar refractivity (Wildman–Crippen MR) is 101 cm³/mol. The first kappa shape index (κ1) is 17.2. The quantitative estimate of drug-likeness (QED) is 0.427. The van der Waals surface area contributed by atoms with Crippen LogP contribution in [0.2, 0.25) is 0 Å². The predicted octanol–water partition coefficient (Wildman–Crippen LogP) is 3.65. The summed E-state index contributed by atoms with van der Waals surface area (Å²) in [6.45, 7) is 5.67. The van der Waals surface area contributed by atoms with Crippen LogP contribution in [0, 0.1) is 18.8 Å². The first-order valence-corrected chi connectivity index (χ1v) is 8.60. The number of methoxy groups -OCH3 is 1. The van der Waals surface area contributed by atoms with Crippen molar-refractivity contribution in [2.24, 2.45) is 0 Å². The van der Waals surface area contributed by atoms with E-state index in [0.717, 1.165) is 21.5 Å². The van der Waals surface area contributed by atoms with Gasteiger partial charge in [-0.05, 0) is 61.7 Å². The molecule has 4 rings (SSSR count). The minimum absolute atomic E-state index is 0.307. The van der Waals surface area contributed by atoms with Gasteiger partial charge in [-0.25, -0.2) is 5.06 Å². The number of benzene rings is 2. The summed E-state index contributed by atoms with van der Waals surface area (Å²) in [5, 5.41) is 12.1. The number of nitrogens with one attached hydrogen (secondary N) is 1. The van der Waals surface area contributed by atoms with Crippen molar-refractivity contribution in [2.45, 2.75) is 18.4 Å². The number of hydrogen-bond donors (Lipinski definition) is 2. The van der Waals surface area contributed by atoms with Crippen LogP contribution in [0.5, 0.6) is 5.75 Å². The molecule has 2 aromatic carbocycles. The van der Waals surface area contributed by atoms with Gasteiger partial charge < -0.3 is 9.72 Å². The van der Waals surface area contributed by atoms with Crippen molar-refractivity contribution in [3.8, 4) is 17.6 Å². The number of rotatable bonds is 3. The van der Waals surface area contributed by atoms with Gasteiger partial charge in [0.05, 0.1) is 7.11 Å². The zero-order valence-electron chi connectivity index (χ0n) is 14.8. The molecule has 27 heavy (non-hydrogen) atoms. The average Bonchev–Trinajstić information content (AvgIpc) is 3.36. The third kappa shape index (κ3) is 3.27. The van der Waals surface area contributed by atoms with Crippen molar-refractivity contribution in [3.63, 3.8) is 0 Å². The molecular weight excluding hydrogens is 340 g/mol. The van der Waals surface area contributed by atoms with Crippen LogP contribution in [0.4, 0.5) is 0 Å². The first-order valence-electron chi connectivity index (χ1n) is 8.60. The van der Waals surface area contributed by atoms with Gasteiger partial charge in [-0.15, -0.1) is 0 Å². The molecule has 134 valence electrons. The number of ether oxygens (including phenoxy) is 1. The fourth-order valence-electron chi connectivity index (χ4n) is 2.92. The maximum Gasteiger partial charge on any atom is 0.295 e. The highest BCUT2D eigenvalue weighted by atomic mass is 16.5. The van der Waals surface area contributed by atoms with E-state index >= 15 is 0 Å². The second-order valence-electron chi connectivity index (χ2n) is 6.66. The summed E-state index contributed by atoms with van der Waals surface area (Å²) in [6.07, 6.45) is 1.26. The molecule has 1 heterocycles. The highest BCUT2D eigenvalue weighted by Gasteiger charge is 2.50. The number of hydrogen-bond acceptors (Lipinski definition) is 3. The van der Waals surface area contributed by atoms with Crippen LogP contribution in [0.1, 0.15) is 34.5 Å².